The molecule has 0 aromatic heterocycles. The molecular weight excluding hydrogens is 384 g/mol. The Morgan fingerprint density at radius 1 is 0.867 bits per heavy atom. The number of esters is 2. The fourth-order valence-corrected chi connectivity index (χ4v) is 3.16. The van der Waals surface area contributed by atoms with Crippen molar-refractivity contribution in [2.24, 2.45) is 0 Å². The van der Waals surface area contributed by atoms with Gasteiger partial charge in [0.1, 0.15) is 6.10 Å². The van der Waals surface area contributed by atoms with Crippen LogP contribution in [0.4, 0.5) is 0 Å². The summed E-state index contributed by atoms with van der Waals surface area (Å²) >= 11 is 0. The summed E-state index contributed by atoms with van der Waals surface area (Å²) in [4.78, 5) is 32.9. The van der Waals surface area contributed by atoms with Crippen molar-refractivity contribution in [3.05, 3.63) is 12.2 Å². The largest absolute Gasteiger partial charge is 0.481 e. The van der Waals surface area contributed by atoms with Gasteiger partial charge in [-0.3, -0.25) is 14.4 Å². The van der Waals surface area contributed by atoms with E-state index < -0.39 is 11.9 Å². The van der Waals surface area contributed by atoms with Crippen molar-refractivity contribution < 1.29 is 29.0 Å². The van der Waals surface area contributed by atoms with Crippen molar-refractivity contribution >= 4 is 17.9 Å². The molecular formula is C24H42O6. The molecule has 0 aliphatic carbocycles. The van der Waals surface area contributed by atoms with Gasteiger partial charge in [0.15, 0.2) is 0 Å². The minimum atomic E-state index is -0.978. The number of carboxylic acids is 1. The first kappa shape index (κ1) is 28.1. The number of rotatable bonds is 20. The van der Waals surface area contributed by atoms with Gasteiger partial charge in [-0.2, -0.15) is 0 Å². The maximum absolute atomic E-state index is 11.3. The number of ether oxygens (including phenoxy) is 2. The van der Waals surface area contributed by atoms with Gasteiger partial charge in [0.2, 0.25) is 0 Å². The molecule has 0 saturated heterocycles. The molecule has 0 aromatic carbocycles. The van der Waals surface area contributed by atoms with Crippen molar-refractivity contribution in [1.29, 1.82) is 0 Å². The first-order valence-corrected chi connectivity index (χ1v) is 11.6. The second kappa shape index (κ2) is 20.4. The number of allylic oxidation sites excluding steroid dienone is 1. The van der Waals surface area contributed by atoms with E-state index in [2.05, 4.69) is 19.1 Å². The predicted molar refractivity (Wildman–Crippen MR) is 118 cm³/mol. The van der Waals surface area contributed by atoms with E-state index in [-0.39, 0.29) is 24.9 Å². The zero-order chi connectivity index (χ0) is 22.5. The number of carboxylic acid groups (broad SMARTS) is 1. The quantitative estimate of drug-likeness (QED) is 0.146. The van der Waals surface area contributed by atoms with Gasteiger partial charge in [-0.05, 0) is 32.1 Å². The molecule has 0 saturated carbocycles. The summed E-state index contributed by atoms with van der Waals surface area (Å²) in [5.74, 6) is -1.60. The standard InChI is InChI=1S/C24H42O6/c1-3-4-5-13-16-22(30-21(2)25)17-14-11-9-7-6-8-10-12-15-20-29-24(28)19-18-23(26)27/h11,14,22H,3-10,12-13,15-20H2,1-2H3,(H,26,27)/b14-11-. The number of carbonyl (C=O) groups is 3. The first-order valence-electron chi connectivity index (χ1n) is 11.6. The van der Waals surface area contributed by atoms with E-state index in [1.165, 1.54) is 32.6 Å². The Labute approximate surface area is 182 Å². The van der Waals surface area contributed by atoms with Gasteiger partial charge in [0, 0.05) is 13.3 Å². The molecule has 6 heteroatoms. The fraction of sp³-hybridized carbons (Fsp3) is 0.792. The summed E-state index contributed by atoms with van der Waals surface area (Å²) < 4.78 is 10.4. The molecule has 0 radical (unpaired) electrons. The molecule has 1 atom stereocenters. The molecule has 0 aliphatic heterocycles. The molecule has 0 aliphatic rings. The molecule has 0 rings (SSSR count). The van der Waals surface area contributed by atoms with Gasteiger partial charge in [0.05, 0.1) is 19.4 Å². The topological polar surface area (TPSA) is 89.9 Å². The summed E-state index contributed by atoms with van der Waals surface area (Å²) in [5, 5.41) is 8.50. The van der Waals surface area contributed by atoms with Crippen LogP contribution in [0.1, 0.15) is 110 Å². The molecule has 0 bridgehead atoms. The van der Waals surface area contributed by atoms with Crippen LogP contribution in [0.25, 0.3) is 0 Å². The number of hydrogen-bond acceptors (Lipinski definition) is 5. The third-order valence-electron chi connectivity index (χ3n) is 4.85. The molecule has 0 amide bonds. The highest BCUT2D eigenvalue weighted by Gasteiger charge is 2.09. The third kappa shape index (κ3) is 20.9. The third-order valence-corrected chi connectivity index (χ3v) is 4.85. The minimum absolute atomic E-state index is 0.00818. The highest BCUT2D eigenvalue weighted by Crippen LogP contribution is 2.13. The van der Waals surface area contributed by atoms with Crippen LogP contribution in [0.15, 0.2) is 12.2 Å². The van der Waals surface area contributed by atoms with E-state index in [0.717, 1.165) is 57.8 Å². The number of unbranched alkanes of at least 4 members (excludes halogenated alkanes) is 9. The van der Waals surface area contributed by atoms with Gasteiger partial charge in [-0.1, -0.05) is 64.0 Å². The highest BCUT2D eigenvalue weighted by molar-refractivity contribution is 5.76. The molecule has 1 N–H and O–H groups in total. The second-order valence-electron chi connectivity index (χ2n) is 7.81. The Morgan fingerprint density at radius 3 is 2.20 bits per heavy atom. The lowest BCUT2D eigenvalue weighted by Gasteiger charge is -2.15. The summed E-state index contributed by atoms with van der Waals surface area (Å²) in [6.07, 6.45) is 18.1. The van der Waals surface area contributed by atoms with Crippen molar-refractivity contribution in [3.63, 3.8) is 0 Å². The molecule has 30 heavy (non-hydrogen) atoms. The second-order valence-corrected chi connectivity index (χ2v) is 7.81. The highest BCUT2D eigenvalue weighted by atomic mass is 16.5. The van der Waals surface area contributed by atoms with E-state index in [0.29, 0.717) is 6.61 Å². The molecule has 0 aromatic rings. The Hall–Kier alpha value is -1.85. The first-order chi connectivity index (χ1) is 14.5. The monoisotopic (exact) mass is 426 g/mol. The molecule has 1 unspecified atom stereocenters. The number of hydrogen-bond donors (Lipinski definition) is 1. The van der Waals surface area contributed by atoms with Crippen LogP contribution in [-0.2, 0) is 23.9 Å². The van der Waals surface area contributed by atoms with Crippen LogP contribution in [0.5, 0.6) is 0 Å². The average molecular weight is 427 g/mol. The lowest BCUT2D eigenvalue weighted by Crippen LogP contribution is -2.15. The van der Waals surface area contributed by atoms with Crippen LogP contribution >= 0.6 is 0 Å². The zero-order valence-electron chi connectivity index (χ0n) is 19.0. The summed E-state index contributed by atoms with van der Waals surface area (Å²) in [6.45, 7) is 4.05. The normalized spacial score (nSPS) is 12.1. The Morgan fingerprint density at radius 2 is 1.53 bits per heavy atom. The summed E-state index contributed by atoms with van der Waals surface area (Å²) in [5.41, 5.74) is 0. The summed E-state index contributed by atoms with van der Waals surface area (Å²) in [7, 11) is 0. The Bertz CT molecular complexity index is 486. The molecule has 0 spiro atoms. The average Bonchev–Trinajstić information content (AvgIpc) is 2.69. The smallest absolute Gasteiger partial charge is 0.306 e. The van der Waals surface area contributed by atoms with Crippen molar-refractivity contribution in [1.82, 2.24) is 0 Å². The minimum Gasteiger partial charge on any atom is -0.481 e. The van der Waals surface area contributed by atoms with Crippen molar-refractivity contribution in [3.8, 4) is 0 Å². The Kier molecular flexibility index (Phi) is 19.2. The van der Waals surface area contributed by atoms with E-state index in [4.69, 9.17) is 14.6 Å². The maximum Gasteiger partial charge on any atom is 0.306 e. The SMILES string of the molecule is CCCCCCC(C/C=C\CCCCCCCCOC(=O)CCC(=O)O)OC(C)=O. The van der Waals surface area contributed by atoms with Gasteiger partial charge in [0.25, 0.3) is 0 Å². The van der Waals surface area contributed by atoms with Crippen LogP contribution in [0.2, 0.25) is 0 Å². The maximum atomic E-state index is 11.3. The van der Waals surface area contributed by atoms with Gasteiger partial charge in [-0.25, -0.2) is 0 Å². The molecule has 0 fully saturated rings. The number of carbonyl (C=O) groups excluding carboxylic acids is 2. The number of aliphatic carboxylic acids is 1. The van der Waals surface area contributed by atoms with E-state index >= 15 is 0 Å². The van der Waals surface area contributed by atoms with Gasteiger partial charge < -0.3 is 14.6 Å². The van der Waals surface area contributed by atoms with E-state index in [1.807, 2.05) is 0 Å². The summed E-state index contributed by atoms with van der Waals surface area (Å²) in [6, 6.07) is 0. The molecule has 174 valence electrons. The predicted octanol–water partition coefficient (Wildman–Crippen LogP) is 5.97. The van der Waals surface area contributed by atoms with Gasteiger partial charge in [-0.15, -0.1) is 0 Å². The molecule has 6 nitrogen and oxygen atoms in total. The van der Waals surface area contributed by atoms with Crippen molar-refractivity contribution in [2.75, 3.05) is 6.61 Å². The van der Waals surface area contributed by atoms with Crippen molar-refractivity contribution in [2.45, 2.75) is 116 Å². The lowest BCUT2D eigenvalue weighted by atomic mass is 10.1. The van der Waals surface area contributed by atoms with Crippen LogP contribution < -0.4 is 0 Å². The lowest BCUT2D eigenvalue weighted by molar-refractivity contribution is -0.147. The van der Waals surface area contributed by atoms with Gasteiger partial charge >= 0.3 is 17.9 Å². The Balaban J connectivity index is 3.60. The van der Waals surface area contributed by atoms with Crippen LogP contribution in [0, 0.1) is 0 Å². The van der Waals surface area contributed by atoms with Crippen LogP contribution in [0.3, 0.4) is 0 Å². The fourth-order valence-electron chi connectivity index (χ4n) is 3.16. The van der Waals surface area contributed by atoms with E-state index in [1.54, 1.807) is 0 Å². The van der Waals surface area contributed by atoms with Crippen LogP contribution in [-0.4, -0.2) is 35.7 Å². The zero-order valence-corrected chi connectivity index (χ0v) is 19.0. The van der Waals surface area contributed by atoms with E-state index in [9.17, 15) is 14.4 Å². The molecule has 0 heterocycles.